The van der Waals surface area contributed by atoms with Gasteiger partial charge in [0, 0.05) is 43.3 Å². The maximum absolute atomic E-state index is 12.6. The molecule has 1 saturated heterocycles. The number of rotatable bonds is 3. The van der Waals surface area contributed by atoms with Crippen molar-refractivity contribution in [1.82, 2.24) is 19.9 Å². The van der Waals surface area contributed by atoms with Gasteiger partial charge in [-0.3, -0.25) is 9.78 Å². The van der Waals surface area contributed by atoms with Crippen molar-refractivity contribution in [1.29, 1.82) is 0 Å². The number of nitrogens with zero attached hydrogens (tertiary/aromatic N) is 4. The van der Waals surface area contributed by atoms with Crippen molar-refractivity contribution in [2.45, 2.75) is 25.7 Å². The third-order valence-electron chi connectivity index (χ3n) is 5.20. The van der Waals surface area contributed by atoms with Gasteiger partial charge in [-0.05, 0) is 42.6 Å². The normalized spacial score (nSPS) is 17.8. The molecular weight excluding hydrogens is 324 g/mol. The number of likely N-dealkylation sites (tertiary alicyclic amines) is 1. The molecule has 5 nitrogen and oxygen atoms in total. The van der Waals surface area contributed by atoms with Crippen molar-refractivity contribution in [3.05, 3.63) is 66.5 Å². The van der Waals surface area contributed by atoms with E-state index in [1.807, 2.05) is 17.3 Å². The summed E-state index contributed by atoms with van der Waals surface area (Å²) in [7, 11) is 0. The van der Waals surface area contributed by atoms with E-state index in [-0.39, 0.29) is 5.91 Å². The molecule has 1 aliphatic rings. The van der Waals surface area contributed by atoms with Gasteiger partial charge < -0.3 is 4.90 Å². The Balaban J connectivity index is 1.45. The molecule has 0 N–H and O–H groups in total. The Kier molecular flexibility index (Phi) is 4.86. The molecule has 1 atom stereocenters. The van der Waals surface area contributed by atoms with Crippen LogP contribution in [0.1, 0.15) is 35.2 Å². The van der Waals surface area contributed by atoms with Crippen molar-refractivity contribution in [3.8, 4) is 0 Å². The van der Waals surface area contributed by atoms with Crippen molar-refractivity contribution >= 4 is 16.7 Å². The van der Waals surface area contributed by atoms with Gasteiger partial charge in [-0.2, -0.15) is 0 Å². The van der Waals surface area contributed by atoms with E-state index >= 15 is 0 Å². The lowest BCUT2D eigenvalue weighted by Crippen LogP contribution is -2.32. The van der Waals surface area contributed by atoms with Gasteiger partial charge in [0.15, 0.2) is 0 Å². The van der Waals surface area contributed by atoms with E-state index in [1.165, 1.54) is 22.7 Å². The fourth-order valence-corrected chi connectivity index (χ4v) is 3.82. The zero-order valence-corrected chi connectivity index (χ0v) is 14.7. The molecule has 1 aromatic carbocycles. The van der Waals surface area contributed by atoms with Crippen LogP contribution in [0.4, 0.5) is 0 Å². The van der Waals surface area contributed by atoms with Gasteiger partial charge in [-0.1, -0.05) is 24.3 Å². The van der Waals surface area contributed by atoms with Crippen LogP contribution in [-0.2, 0) is 6.42 Å². The highest BCUT2D eigenvalue weighted by Crippen LogP contribution is 2.26. The van der Waals surface area contributed by atoms with Crippen LogP contribution in [0.15, 0.2) is 55.4 Å². The number of carbonyl (C=O) groups excluding carboxylic acids is 1. The largest absolute Gasteiger partial charge is 0.339 e. The van der Waals surface area contributed by atoms with Crippen molar-refractivity contribution < 1.29 is 4.79 Å². The zero-order chi connectivity index (χ0) is 17.8. The monoisotopic (exact) mass is 346 g/mol. The number of hydrogen-bond acceptors (Lipinski definition) is 4. The number of hydrogen-bond donors (Lipinski definition) is 0. The first-order valence-corrected chi connectivity index (χ1v) is 9.17. The van der Waals surface area contributed by atoms with Crippen molar-refractivity contribution in [2.75, 3.05) is 13.1 Å². The Morgan fingerprint density at radius 2 is 1.85 bits per heavy atom. The van der Waals surface area contributed by atoms with Crippen LogP contribution < -0.4 is 0 Å². The Hall–Kier alpha value is -2.82. The highest BCUT2D eigenvalue weighted by Gasteiger charge is 2.22. The van der Waals surface area contributed by atoms with Crippen molar-refractivity contribution in [2.24, 2.45) is 5.92 Å². The van der Waals surface area contributed by atoms with E-state index in [0.29, 0.717) is 11.5 Å². The van der Waals surface area contributed by atoms with E-state index in [2.05, 4.69) is 39.2 Å². The SMILES string of the molecule is O=C(c1cncnc1)N1CCC[C@@H](Cc2cncc3ccccc23)CC1. The fourth-order valence-electron chi connectivity index (χ4n) is 3.82. The average Bonchev–Trinajstić information content (AvgIpc) is 2.94. The maximum Gasteiger partial charge on any atom is 0.256 e. The van der Waals surface area contributed by atoms with E-state index in [0.717, 1.165) is 38.8 Å². The molecular formula is C21H22N4O. The first-order chi connectivity index (χ1) is 12.8. The molecule has 4 rings (SSSR count). The van der Waals surface area contributed by atoms with E-state index < -0.39 is 0 Å². The van der Waals surface area contributed by atoms with E-state index in [1.54, 1.807) is 12.4 Å². The summed E-state index contributed by atoms with van der Waals surface area (Å²) in [6.07, 6.45) is 12.8. The summed E-state index contributed by atoms with van der Waals surface area (Å²) in [4.78, 5) is 26.9. The summed E-state index contributed by atoms with van der Waals surface area (Å²) in [5, 5.41) is 2.49. The Labute approximate surface area is 153 Å². The maximum atomic E-state index is 12.6. The molecule has 1 fully saturated rings. The molecule has 0 radical (unpaired) electrons. The van der Waals surface area contributed by atoms with Crippen molar-refractivity contribution in [3.63, 3.8) is 0 Å². The van der Waals surface area contributed by atoms with Gasteiger partial charge in [0.2, 0.25) is 0 Å². The van der Waals surface area contributed by atoms with E-state index in [9.17, 15) is 4.79 Å². The first kappa shape index (κ1) is 16.6. The van der Waals surface area contributed by atoms with Crippen LogP contribution >= 0.6 is 0 Å². The lowest BCUT2D eigenvalue weighted by molar-refractivity contribution is 0.0759. The third-order valence-corrected chi connectivity index (χ3v) is 5.20. The minimum Gasteiger partial charge on any atom is -0.339 e. The summed E-state index contributed by atoms with van der Waals surface area (Å²) < 4.78 is 0. The number of carbonyl (C=O) groups is 1. The molecule has 1 amide bonds. The molecule has 0 bridgehead atoms. The van der Waals surface area contributed by atoms with Crippen LogP contribution in [-0.4, -0.2) is 38.8 Å². The summed E-state index contributed by atoms with van der Waals surface area (Å²) in [5.74, 6) is 0.616. The molecule has 2 aromatic heterocycles. The smallest absolute Gasteiger partial charge is 0.256 e. The standard InChI is InChI=1S/C21H22N4O/c26-21(19-13-23-15-24-14-19)25-8-3-4-16(7-9-25)10-18-12-22-11-17-5-1-2-6-20(17)18/h1-2,5-6,11-16H,3-4,7-10H2/t16-/m1/s1. The minimum absolute atomic E-state index is 0.0399. The van der Waals surface area contributed by atoms with Gasteiger partial charge in [0.05, 0.1) is 5.56 Å². The Morgan fingerprint density at radius 1 is 1.00 bits per heavy atom. The predicted octanol–water partition coefficient (Wildman–Crippen LogP) is 3.51. The second-order valence-corrected chi connectivity index (χ2v) is 6.94. The topological polar surface area (TPSA) is 59.0 Å². The van der Waals surface area contributed by atoms with Gasteiger partial charge in [0.1, 0.15) is 6.33 Å². The van der Waals surface area contributed by atoms with Crippen LogP contribution in [0.2, 0.25) is 0 Å². The highest BCUT2D eigenvalue weighted by atomic mass is 16.2. The minimum atomic E-state index is 0.0399. The summed E-state index contributed by atoms with van der Waals surface area (Å²) in [5.41, 5.74) is 1.88. The first-order valence-electron chi connectivity index (χ1n) is 9.17. The molecule has 0 saturated carbocycles. The molecule has 0 spiro atoms. The summed E-state index contributed by atoms with van der Waals surface area (Å²) in [6, 6.07) is 8.42. The van der Waals surface area contributed by atoms with Crippen LogP contribution in [0.25, 0.3) is 10.8 Å². The molecule has 26 heavy (non-hydrogen) atoms. The lowest BCUT2D eigenvalue weighted by Gasteiger charge is -2.20. The third kappa shape index (κ3) is 3.57. The summed E-state index contributed by atoms with van der Waals surface area (Å²) in [6.45, 7) is 1.59. The second-order valence-electron chi connectivity index (χ2n) is 6.94. The Bertz CT molecular complexity index is 891. The van der Waals surface area contributed by atoms with Crippen LogP contribution in [0, 0.1) is 5.92 Å². The fraction of sp³-hybridized carbons (Fsp3) is 0.333. The van der Waals surface area contributed by atoms with Gasteiger partial charge >= 0.3 is 0 Å². The van der Waals surface area contributed by atoms with Crippen LogP contribution in [0.5, 0.6) is 0 Å². The van der Waals surface area contributed by atoms with E-state index in [4.69, 9.17) is 0 Å². The Morgan fingerprint density at radius 3 is 2.73 bits per heavy atom. The molecule has 0 unspecified atom stereocenters. The summed E-state index contributed by atoms with van der Waals surface area (Å²) >= 11 is 0. The average molecular weight is 346 g/mol. The number of pyridine rings is 1. The quantitative estimate of drug-likeness (QED) is 0.728. The molecule has 0 aliphatic carbocycles. The number of fused-ring (bicyclic) bond motifs is 1. The molecule has 3 heterocycles. The molecule has 1 aliphatic heterocycles. The molecule has 3 aromatic rings. The predicted molar refractivity (Wildman–Crippen MR) is 101 cm³/mol. The number of benzene rings is 1. The highest BCUT2D eigenvalue weighted by molar-refractivity contribution is 5.93. The number of amides is 1. The van der Waals surface area contributed by atoms with Gasteiger partial charge in [-0.25, -0.2) is 9.97 Å². The molecule has 5 heteroatoms. The molecule has 132 valence electrons. The lowest BCUT2D eigenvalue weighted by atomic mass is 9.91. The van der Waals surface area contributed by atoms with Gasteiger partial charge in [-0.15, -0.1) is 0 Å². The second kappa shape index (κ2) is 7.60. The van der Waals surface area contributed by atoms with Gasteiger partial charge in [0.25, 0.3) is 5.91 Å². The number of aromatic nitrogens is 3. The zero-order valence-electron chi connectivity index (χ0n) is 14.7. The van der Waals surface area contributed by atoms with Crippen LogP contribution in [0.3, 0.4) is 0 Å².